The summed E-state index contributed by atoms with van der Waals surface area (Å²) >= 11 is 8.16. The van der Waals surface area contributed by atoms with Gasteiger partial charge in [-0.05, 0) is 36.2 Å². The lowest BCUT2D eigenvalue weighted by Crippen LogP contribution is -2.37. The van der Waals surface area contributed by atoms with Gasteiger partial charge in [-0.2, -0.15) is 0 Å². The Morgan fingerprint density at radius 1 is 1.20 bits per heavy atom. The minimum Gasteiger partial charge on any atom is -0.487 e. The summed E-state index contributed by atoms with van der Waals surface area (Å²) in [6.07, 6.45) is 9.48. The minimum absolute atomic E-state index is 0.0428. The number of rotatable bonds is 8. The predicted molar refractivity (Wildman–Crippen MR) is 156 cm³/mol. The van der Waals surface area contributed by atoms with E-state index in [0.29, 0.717) is 30.5 Å². The highest BCUT2D eigenvalue weighted by atomic mass is 35.5. The molecule has 11 heteroatoms. The van der Waals surface area contributed by atoms with Gasteiger partial charge in [-0.15, -0.1) is 11.3 Å². The molecule has 6 rings (SSSR count). The molecular weight excluding hydrogens is 548 g/mol. The van der Waals surface area contributed by atoms with E-state index in [1.54, 1.807) is 36.1 Å². The maximum atomic E-state index is 12.9. The van der Waals surface area contributed by atoms with Crippen LogP contribution in [0.5, 0.6) is 5.75 Å². The van der Waals surface area contributed by atoms with Gasteiger partial charge in [-0.25, -0.2) is 9.97 Å². The molecule has 1 aromatic carbocycles. The van der Waals surface area contributed by atoms with Crippen LogP contribution in [0.2, 0.25) is 5.02 Å². The second-order valence-corrected chi connectivity index (χ2v) is 11.1. The Morgan fingerprint density at radius 3 is 2.92 bits per heavy atom. The van der Waals surface area contributed by atoms with E-state index in [9.17, 15) is 4.79 Å². The number of fused-ring (bicyclic) bond motifs is 3. The third kappa shape index (κ3) is 6.10. The topological polar surface area (TPSA) is 92.7 Å². The molecular formula is C29H29ClN6O3S. The highest BCUT2D eigenvalue weighted by molar-refractivity contribution is 7.19. The highest BCUT2D eigenvalue weighted by Crippen LogP contribution is 2.38. The number of thiophene rings is 1. The Hall–Kier alpha value is -3.57. The fraction of sp³-hybridized carbons (Fsp3) is 0.310. The molecule has 1 fully saturated rings. The van der Waals surface area contributed by atoms with Gasteiger partial charge in [-0.1, -0.05) is 23.7 Å². The first-order chi connectivity index (χ1) is 19.6. The number of nitrogens with zero attached hydrogens (tertiary/aromatic N) is 5. The number of morpholine rings is 1. The van der Waals surface area contributed by atoms with E-state index in [-0.39, 0.29) is 5.91 Å². The molecule has 0 radical (unpaired) electrons. The normalized spacial score (nSPS) is 15.9. The van der Waals surface area contributed by atoms with Gasteiger partial charge in [0.2, 0.25) is 5.91 Å². The summed E-state index contributed by atoms with van der Waals surface area (Å²) in [7, 11) is 0. The van der Waals surface area contributed by atoms with Crippen molar-refractivity contribution in [2.75, 3.05) is 44.7 Å². The van der Waals surface area contributed by atoms with Crippen molar-refractivity contribution in [2.45, 2.75) is 19.6 Å². The molecule has 9 nitrogen and oxygen atoms in total. The number of hydrogen-bond donors (Lipinski definition) is 1. The van der Waals surface area contributed by atoms with Crippen LogP contribution in [0.4, 0.5) is 11.5 Å². The van der Waals surface area contributed by atoms with Gasteiger partial charge in [0.25, 0.3) is 0 Å². The van der Waals surface area contributed by atoms with Crippen molar-refractivity contribution < 1.29 is 14.3 Å². The van der Waals surface area contributed by atoms with E-state index in [1.807, 2.05) is 41.3 Å². The number of hydrogen-bond acceptors (Lipinski definition) is 9. The summed E-state index contributed by atoms with van der Waals surface area (Å²) in [5.74, 6) is 1.37. The number of carbonyl (C=O) groups is 1. The second kappa shape index (κ2) is 12.3. The van der Waals surface area contributed by atoms with Gasteiger partial charge < -0.3 is 19.7 Å². The van der Waals surface area contributed by atoms with Crippen LogP contribution < -0.4 is 10.1 Å². The minimum atomic E-state index is 0.0428. The molecule has 40 heavy (non-hydrogen) atoms. The molecule has 0 bridgehead atoms. The maximum absolute atomic E-state index is 12.9. The second-order valence-electron chi connectivity index (χ2n) is 9.65. The zero-order chi connectivity index (χ0) is 27.3. The van der Waals surface area contributed by atoms with Gasteiger partial charge in [0, 0.05) is 60.8 Å². The van der Waals surface area contributed by atoms with Crippen LogP contribution in [0, 0.1) is 0 Å². The van der Waals surface area contributed by atoms with Gasteiger partial charge in [0.15, 0.2) is 0 Å². The Balaban J connectivity index is 1.13. The number of anilines is 2. The zero-order valence-electron chi connectivity index (χ0n) is 21.9. The van der Waals surface area contributed by atoms with Gasteiger partial charge in [0.05, 0.1) is 30.2 Å². The van der Waals surface area contributed by atoms with Crippen molar-refractivity contribution in [3.63, 3.8) is 0 Å². The molecule has 5 heterocycles. The number of pyridine rings is 1. The summed E-state index contributed by atoms with van der Waals surface area (Å²) in [5, 5.41) is 4.93. The molecule has 0 spiro atoms. The Kier molecular flexibility index (Phi) is 8.19. The number of aromatic nitrogens is 3. The highest BCUT2D eigenvalue weighted by Gasteiger charge is 2.25. The van der Waals surface area contributed by atoms with Crippen molar-refractivity contribution in [1.29, 1.82) is 0 Å². The molecule has 0 saturated carbocycles. The number of nitrogens with one attached hydrogen (secondary N) is 1. The first-order valence-corrected chi connectivity index (χ1v) is 14.4. The van der Waals surface area contributed by atoms with Crippen LogP contribution in [0.3, 0.4) is 0 Å². The molecule has 0 unspecified atom stereocenters. The Bertz CT molecular complexity index is 1520. The molecule has 1 N–H and O–H groups in total. The Morgan fingerprint density at radius 2 is 2.10 bits per heavy atom. The van der Waals surface area contributed by atoms with Crippen LogP contribution in [-0.2, 0) is 29.1 Å². The lowest BCUT2D eigenvalue weighted by atomic mass is 10.0. The van der Waals surface area contributed by atoms with E-state index < -0.39 is 0 Å². The van der Waals surface area contributed by atoms with Crippen molar-refractivity contribution in [3.05, 3.63) is 82.2 Å². The number of benzene rings is 1. The molecule has 0 atom stereocenters. The predicted octanol–water partition coefficient (Wildman–Crippen LogP) is 4.84. The van der Waals surface area contributed by atoms with Crippen molar-refractivity contribution in [2.24, 2.45) is 0 Å². The van der Waals surface area contributed by atoms with E-state index >= 15 is 0 Å². The van der Waals surface area contributed by atoms with E-state index in [1.165, 1.54) is 5.56 Å². The first-order valence-electron chi connectivity index (χ1n) is 13.2. The molecule has 206 valence electrons. The summed E-state index contributed by atoms with van der Waals surface area (Å²) in [6.45, 7) is 5.70. The third-order valence-corrected chi connectivity index (χ3v) is 8.41. The first kappa shape index (κ1) is 26.6. The van der Waals surface area contributed by atoms with Crippen LogP contribution in [0.15, 0.2) is 61.2 Å². The average Bonchev–Trinajstić information content (AvgIpc) is 3.37. The number of halogens is 1. The molecule has 2 aliphatic heterocycles. The third-order valence-electron chi connectivity index (χ3n) is 6.99. The Labute approximate surface area is 241 Å². The SMILES string of the molecule is O=C(C=CCN1CCOCC1)N1CCc2c(sc3ncnc(Nc4ccc(OCc5cccnc5)c(Cl)c4)c23)C1. The van der Waals surface area contributed by atoms with Gasteiger partial charge >= 0.3 is 0 Å². The number of ether oxygens (including phenoxy) is 2. The largest absolute Gasteiger partial charge is 0.487 e. The fourth-order valence-electron chi connectivity index (χ4n) is 4.88. The van der Waals surface area contributed by atoms with Crippen LogP contribution in [0.1, 0.15) is 16.0 Å². The van der Waals surface area contributed by atoms with Crippen molar-refractivity contribution >= 4 is 50.6 Å². The average molecular weight is 577 g/mol. The van der Waals surface area contributed by atoms with Crippen LogP contribution in [0.25, 0.3) is 10.2 Å². The quantitative estimate of drug-likeness (QED) is 0.298. The maximum Gasteiger partial charge on any atom is 0.246 e. The van der Waals surface area contributed by atoms with E-state index in [4.69, 9.17) is 21.1 Å². The van der Waals surface area contributed by atoms with Crippen LogP contribution in [-0.4, -0.2) is 70.1 Å². The molecule has 2 aliphatic rings. The lowest BCUT2D eigenvalue weighted by molar-refractivity contribution is -0.126. The van der Waals surface area contributed by atoms with Crippen molar-refractivity contribution in [1.82, 2.24) is 24.8 Å². The lowest BCUT2D eigenvalue weighted by Gasteiger charge is -2.27. The molecule has 4 aromatic rings. The van der Waals surface area contributed by atoms with Crippen molar-refractivity contribution in [3.8, 4) is 5.75 Å². The van der Waals surface area contributed by atoms with E-state index in [0.717, 1.165) is 71.4 Å². The van der Waals surface area contributed by atoms with E-state index in [2.05, 4.69) is 25.2 Å². The number of amides is 1. The van der Waals surface area contributed by atoms with Gasteiger partial charge in [0.1, 0.15) is 29.3 Å². The van der Waals surface area contributed by atoms with Gasteiger partial charge in [-0.3, -0.25) is 14.7 Å². The molecule has 0 aliphatic carbocycles. The smallest absolute Gasteiger partial charge is 0.246 e. The zero-order valence-corrected chi connectivity index (χ0v) is 23.5. The monoisotopic (exact) mass is 576 g/mol. The number of carbonyl (C=O) groups excluding carboxylic acids is 1. The summed E-state index contributed by atoms with van der Waals surface area (Å²) in [4.78, 5) is 32.3. The summed E-state index contributed by atoms with van der Waals surface area (Å²) in [5.41, 5.74) is 2.97. The van der Waals surface area contributed by atoms with Crippen LogP contribution >= 0.6 is 22.9 Å². The molecule has 3 aromatic heterocycles. The standard InChI is InChI=1S/C29H29ClN6O3S/c30-23-15-21(5-6-24(23)39-18-20-3-1-8-31-16-20)34-28-27-22-7-10-36(17-25(22)40-29(27)33-19-32-28)26(37)4-2-9-35-11-13-38-14-12-35/h1-6,8,15-16,19H,7,9-14,17-18H2,(H,32,33,34). The fourth-order valence-corrected chi connectivity index (χ4v) is 6.32. The molecule has 1 saturated heterocycles. The summed E-state index contributed by atoms with van der Waals surface area (Å²) < 4.78 is 11.3. The molecule has 1 amide bonds. The summed E-state index contributed by atoms with van der Waals surface area (Å²) in [6, 6.07) is 9.42.